The van der Waals surface area contributed by atoms with Crippen molar-refractivity contribution in [3.05, 3.63) is 130 Å². The minimum Gasteiger partial charge on any atom is -0.308 e. The van der Waals surface area contributed by atoms with Crippen molar-refractivity contribution in [2.24, 2.45) is 0 Å². The molecule has 37 heavy (non-hydrogen) atoms. The smallest absolute Gasteiger partial charge is 0.308 e. The van der Waals surface area contributed by atoms with Crippen LogP contribution in [0.2, 0.25) is 5.02 Å². The summed E-state index contributed by atoms with van der Waals surface area (Å²) < 4.78 is 4.13. The SMILES string of the molecule is Cc1ccc(NC(=O)N2Cc3c(C)nn(-c4ccccc4)c3-n3cccc3[C@@H]2c2ccccc2)cc1Cl. The molecule has 6 nitrogen and oxygen atoms in total. The van der Waals surface area contributed by atoms with E-state index in [1.807, 2.05) is 96.4 Å². The molecule has 1 atom stereocenters. The van der Waals surface area contributed by atoms with Gasteiger partial charge in [-0.15, -0.1) is 0 Å². The van der Waals surface area contributed by atoms with Crippen molar-refractivity contribution in [1.29, 1.82) is 0 Å². The van der Waals surface area contributed by atoms with E-state index in [1.54, 1.807) is 6.07 Å². The molecule has 0 aliphatic carbocycles. The molecule has 0 radical (unpaired) electrons. The minimum absolute atomic E-state index is 0.207. The van der Waals surface area contributed by atoms with Crippen LogP contribution in [0.3, 0.4) is 0 Å². The topological polar surface area (TPSA) is 55.1 Å². The van der Waals surface area contributed by atoms with Gasteiger partial charge in [0.15, 0.2) is 0 Å². The zero-order valence-corrected chi connectivity index (χ0v) is 21.4. The van der Waals surface area contributed by atoms with E-state index in [9.17, 15) is 4.79 Å². The summed E-state index contributed by atoms with van der Waals surface area (Å²) in [4.78, 5) is 15.8. The number of urea groups is 1. The van der Waals surface area contributed by atoms with Crippen LogP contribution in [-0.2, 0) is 6.54 Å². The molecule has 1 aliphatic rings. The van der Waals surface area contributed by atoms with E-state index in [-0.39, 0.29) is 12.1 Å². The number of para-hydroxylation sites is 1. The summed E-state index contributed by atoms with van der Waals surface area (Å²) in [5.41, 5.74) is 6.47. The molecule has 1 N–H and O–H groups in total. The van der Waals surface area contributed by atoms with E-state index in [4.69, 9.17) is 16.7 Å². The molecule has 3 aromatic carbocycles. The predicted octanol–water partition coefficient (Wildman–Crippen LogP) is 7.07. The number of halogens is 1. The lowest BCUT2D eigenvalue weighted by Gasteiger charge is -2.31. The van der Waals surface area contributed by atoms with Gasteiger partial charge in [0.25, 0.3) is 0 Å². The molecule has 2 aromatic heterocycles. The van der Waals surface area contributed by atoms with Crippen molar-refractivity contribution in [2.75, 3.05) is 5.32 Å². The van der Waals surface area contributed by atoms with Gasteiger partial charge < -0.3 is 14.8 Å². The molecule has 6 rings (SSSR count). The number of fused-ring (bicyclic) bond motifs is 3. The van der Waals surface area contributed by atoms with Crippen LogP contribution in [0.5, 0.6) is 0 Å². The standard InChI is InChI=1S/C30H26ClN5O/c1-20-15-16-23(18-26(20)31)32-30(37)35-19-25-21(2)33-36(24-12-7-4-8-13-24)29(25)34-17-9-14-27(34)28(35)22-10-5-3-6-11-22/h3-18,28H,19H2,1-2H3,(H,32,37)/t28-/m0/s1. The third-order valence-electron chi connectivity index (χ3n) is 6.89. The lowest BCUT2D eigenvalue weighted by atomic mass is 10.0. The Labute approximate surface area is 220 Å². The molecule has 7 heteroatoms. The maximum Gasteiger partial charge on any atom is 0.322 e. The number of carbonyl (C=O) groups is 1. The Balaban J connectivity index is 1.52. The molecule has 0 unspecified atom stereocenters. The highest BCUT2D eigenvalue weighted by molar-refractivity contribution is 6.31. The van der Waals surface area contributed by atoms with Gasteiger partial charge in [-0.05, 0) is 61.4 Å². The number of carbonyl (C=O) groups excluding carboxylic acids is 1. The largest absolute Gasteiger partial charge is 0.322 e. The van der Waals surface area contributed by atoms with Gasteiger partial charge in [-0.1, -0.05) is 66.2 Å². The highest BCUT2D eigenvalue weighted by atomic mass is 35.5. The van der Waals surface area contributed by atoms with E-state index in [2.05, 4.69) is 28.1 Å². The number of nitrogens with zero attached hydrogens (tertiary/aromatic N) is 4. The minimum atomic E-state index is -0.312. The van der Waals surface area contributed by atoms with Crippen molar-refractivity contribution in [1.82, 2.24) is 19.2 Å². The average Bonchev–Trinajstić information content (AvgIpc) is 3.47. The number of aromatic nitrogens is 3. The molecule has 0 saturated carbocycles. The predicted molar refractivity (Wildman–Crippen MR) is 147 cm³/mol. The number of hydrogen-bond acceptors (Lipinski definition) is 2. The molecule has 5 aromatic rings. The van der Waals surface area contributed by atoms with Crippen LogP contribution < -0.4 is 5.32 Å². The number of nitrogens with one attached hydrogen (secondary N) is 1. The van der Waals surface area contributed by atoms with Crippen LogP contribution >= 0.6 is 11.6 Å². The Bertz CT molecular complexity index is 1590. The molecular weight excluding hydrogens is 482 g/mol. The Morgan fingerprint density at radius 2 is 1.68 bits per heavy atom. The molecule has 0 bridgehead atoms. The van der Waals surface area contributed by atoms with Crippen molar-refractivity contribution < 1.29 is 4.79 Å². The van der Waals surface area contributed by atoms with Gasteiger partial charge >= 0.3 is 6.03 Å². The van der Waals surface area contributed by atoms with Crippen LogP contribution in [-0.4, -0.2) is 25.3 Å². The van der Waals surface area contributed by atoms with E-state index >= 15 is 0 Å². The van der Waals surface area contributed by atoms with Gasteiger partial charge in [0.2, 0.25) is 0 Å². The molecule has 0 fully saturated rings. The lowest BCUT2D eigenvalue weighted by Crippen LogP contribution is -2.38. The van der Waals surface area contributed by atoms with Crippen LogP contribution in [0.25, 0.3) is 11.5 Å². The normalized spacial score (nSPS) is 14.6. The van der Waals surface area contributed by atoms with Crippen molar-refractivity contribution in [3.8, 4) is 11.5 Å². The van der Waals surface area contributed by atoms with E-state index in [1.165, 1.54) is 0 Å². The second-order valence-electron chi connectivity index (χ2n) is 9.27. The highest BCUT2D eigenvalue weighted by Crippen LogP contribution is 2.38. The number of benzene rings is 3. The summed E-state index contributed by atoms with van der Waals surface area (Å²) in [6, 6.07) is 29.4. The van der Waals surface area contributed by atoms with E-state index in [0.717, 1.165) is 39.6 Å². The van der Waals surface area contributed by atoms with Crippen molar-refractivity contribution in [2.45, 2.75) is 26.4 Å². The summed E-state index contributed by atoms with van der Waals surface area (Å²) in [6.07, 6.45) is 2.05. The third-order valence-corrected chi connectivity index (χ3v) is 7.29. The van der Waals surface area contributed by atoms with Crippen LogP contribution in [0.1, 0.15) is 34.1 Å². The molecular formula is C30H26ClN5O. The second-order valence-corrected chi connectivity index (χ2v) is 9.68. The van der Waals surface area contributed by atoms with Gasteiger partial charge in [-0.3, -0.25) is 0 Å². The first-order valence-electron chi connectivity index (χ1n) is 12.2. The molecule has 2 amide bonds. The fraction of sp³-hybridized carbons (Fsp3) is 0.133. The number of rotatable bonds is 3. The first-order valence-corrected chi connectivity index (χ1v) is 12.6. The van der Waals surface area contributed by atoms with E-state index < -0.39 is 0 Å². The molecule has 3 heterocycles. The highest BCUT2D eigenvalue weighted by Gasteiger charge is 2.36. The van der Waals surface area contributed by atoms with Crippen molar-refractivity contribution >= 4 is 23.3 Å². The van der Waals surface area contributed by atoms with Gasteiger partial charge in [-0.25, -0.2) is 9.48 Å². The number of hydrogen-bond donors (Lipinski definition) is 1. The zero-order chi connectivity index (χ0) is 25.5. The maximum atomic E-state index is 14.0. The van der Waals surface area contributed by atoms with Gasteiger partial charge in [0.1, 0.15) is 5.82 Å². The van der Waals surface area contributed by atoms with Crippen molar-refractivity contribution in [3.63, 3.8) is 0 Å². The van der Waals surface area contributed by atoms with Gasteiger partial charge in [0.05, 0.1) is 29.7 Å². The number of aryl methyl sites for hydroxylation is 2. The van der Waals surface area contributed by atoms with Gasteiger partial charge in [0, 0.05) is 22.5 Å². The average molecular weight is 508 g/mol. The first-order chi connectivity index (χ1) is 18.0. The Hall–Kier alpha value is -4.29. The first kappa shape index (κ1) is 23.1. The molecule has 184 valence electrons. The quantitative estimate of drug-likeness (QED) is 0.284. The monoisotopic (exact) mass is 507 g/mol. The molecule has 0 spiro atoms. The number of anilines is 1. The Kier molecular flexibility index (Phi) is 5.81. The van der Waals surface area contributed by atoms with Crippen LogP contribution in [0.15, 0.2) is 97.2 Å². The molecule has 0 saturated heterocycles. The summed E-state index contributed by atoms with van der Waals surface area (Å²) in [7, 11) is 0. The summed E-state index contributed by atoms with van der Waals surface area (Å²) in [5.74, 6) is 0.943. The summed E-state index contributed by atoms with van der Waals surface area (Å²) in [6.45, 7) is 4.33. The second kappa shape index (κ2) is 9.30. The van der Waals surface area contributed by atoms with E-state index in [0.29, 0.717) is 17.3 Å². The maximum absolute atomic E-state index is 14.0. The third kappa shape index (κ3) is 4.09. The Morgan fingerprint density at radius 3 is 2.41 bits per heavy atom. The summed E-state index contributed by atoms with van der Waals surface area (Å²) in [5, 5.41) is 8.60. The van der Waals surface area contributed by atoms with Gasteiger partial charge in [-0.2, -0.15) is 5.10 Å². The van der Waals surface area contributed by atoms with Crippen LogP contribution in [0.4, 0.5) is 10.5 Å². The zero-order valence-electron chi connectivity index (χ0n) is 20.6. The number of amides is 2. The fourth-order valence-electron chi connectivity index (χ4n) is 5.00. The summed E-state index contributed by atoms with van der Waals surface area (Å²) >= 11 is 6.36. The fourth-order valence-corrected chi connectivity index (χ4v) is 5.18. The molecule has 1 aliphatic heterocycles. The Morgan fingerprint density at radius 1 is 0.946 bits per heavy atom. The van der Waals surface area contributed by atoms with Crippen LogP contribution in [0, 0.1) is 13.8 Å². The lowest BCUT2D eigenvalue weighted by molar-refractivity contribution is 0.194.